The Morgan fingerprint density at radius 3 is 2.88 bits per heavy atom. The first-order chi connectivity index (χ1) is 12.3. The second kappa shape index (κ2) is 7.09. The minimum atomic E-state index is 0.262. The van der Waals surface area contributed by atoms with Crippen LogP contribution in [0.5, 0.6) is 0 Å². The first-order valence-corrected chi connectivity index (χ1v) is 9.02. The number of amides is 1. The fraction of sp³-hybridized carbons (Fsp3) is 0.333. The number of carbonyl (C=O) groups excluding carboxylic acids is 1. The molecule has 3 aromatic rings. The number of hydrogen-bond donors (Lipinski definition) is 0. The average molecular weight is 333 g/mol. The second-order valence-corrected chi connectivity index (χ2v) is 6.83. The summed E-state index contributed by atoms with van der Waals surface area (Å²) in [5, 5.41) is 2.49. The lowest BCUT2D eigenvalue weighted by atomic mass is 10.0. The Balaban J connectivity index is 1.37. The molecule has 1 aliphatic heterocycles. The molecule has 0 radical (unpaired) electrons. The Kier molecular flexibility index (Phi) is 4.51. The summed E-state index contributed by atoms with van der Waals surface area (Å²) < 4.78 is 2.13. The molecule has 1 atom stereocenters. The summed E-state index contributed by atoms with van der Waals surface area (Å²) in [6, 6.07) is 15.2. The number of carbonyl (C=O) groups is 1. The van der Waals surface area contributed by atoms with Gasteiger partial charge in [-0.25, -0.2) is 4.98 Å². The first kappa shape index (κ1) is 15.9. The number of nitrogens with zero attached hydrogens (tertiary/aromatic N) is 3. The number of benzene rings is 2. The number of imidazole rings is 1. The average Bonchev–Trinajstić information content (AvgIpc) is 3.21. The minimum Gasteiger partial charge on any atom is -0.341 e. The van der Waals surface area contributed by atoms with Crippen LogP contribution in [0.3, 0.4) is 0 Å². The van der Waals surface area contributed by atoms with Gasteiger partial charge in [-0.3, -0.25) is 4.79 Å². The zero-order valence-corrected chi connectivity index (χ0v) is 14.3. The summed E-state index contributed by atoms with van der Waals surface area (Å²) in [5.74, 6) is 0.262. The standard InChI is InChI=1S/C21H23N3O/c25-21(23-12-3-6-20(15-23)24-13-11-22-16-24)10-8-17-7-9-18-4-1-2-5-19(18)14-17/h1-2,4-5,7,9,11,13-14,16,20H,3,6,8,10,12,15H2/t20-/m0/s1. The van der Waals surface area contributed by atoms with Crippen LogP contribution in [0.4, 0.5) is 0 Å². The highest BCUT2D eigenvalue weighted by Gasteiger charge is 2.24. The normalized spacial score (nSPS) is 17.8. The Hall–Kier alpha value is -2.62. The van der Waals surface area contributed by atoms with Crippen LogP contribution in [0.2, 0.25) is 0 Å². The highest BCUT2D eigenvalue weighted by molar-refractivity contribution is 5.83. The van der Waals surface area contributed by atoms with Crippen molar-refractivity contribution >= 4 is 16.7 Å². The lowest BCUT2D eigenvalue weighted by Crippen LogP contribution is -2.40. The van der Waals surface area contributed by atoms with Gasteiger partial charge in [-0.1, -0.05) is 42.5 Å². The maximum absolute atomic E-state index is 12.7. The summed E-state index contributed by atoms with van der Waals surface area (Å²) in [6.45, 7) is 1.68. The molecule has 2 heterocycles. The molecule has 1 fully saturated rings. The van der Waals surface area contributed by atoms with E-state index in [1.807, 2.05) is 17.4 Å². The van der Waals surface area contributed by atoms with Crippen molar-refractivity contribution in [1.29, 1.82) is 0 Å². The Morgan fingerprint density at radius 2 is 2.04 bits per heavy atom. The molecule has 0 aliphatic carbocycles. The maximum atomic E-state index is 12.7. The maximum Gasteiger partial charge on any atom is 0.222 e. The van der Waals surface area contributed by atoms with Crippen LogP contribution in [0.25, 0.3) is 10.8 Å². The van der Waals surface area contributed by atoms with Gasteiger partial charge >= 0.3 is 0 Å². The van der Waals surface area contributed by atoms with Crippen molar-refractivity contribution in [3.8, 4) is 0 Å². The van der Waals surface area contributed by atoms with Gasteiger partial charge in [-0.15, -0.1) is 0 Å². The molecule has 4 rings (SSSR count). The van der Waals surface area contributed by atoms with Gasteiger partial charge in [0, 0.05) is 31.9 Å². The van der Waals surface area contributed by atoms with Crippen LogP contribution in [-0.2, 0) is 11.2 Å². The SMILES string of the molecule is O=C(CCc1ccc2ccccc2c1)N1CCC[C@H](n2ccnc2)C1. The molecule has 0 unspecified atom stereocenters. The van der Waals surface area contributed by atoms with Crippen LogP contribution in [0.1, 0.15) is 30.9 Å². The summed E-state index contributed by atoms with van der Waals surface area (Å²) in [5.41, 5.74) is 1.23. The van der Waals surface area contributed by atoms with Crippen molar-refractivity contribution < 1.29 is 4.79 Å². The fourth-order valence-electron chi connectivity index (χ4n) is 3.71. The summed E-state index contributed by atoms with van der Waals surface area (Å²) in [4.78, 5) is 18.8. The molecule has 1 amide bonds. The van der Waals surface area contributed by atoms with Crippen LogP contribution in [-0.4, -0.2) is 33.4 Å². The Morgan fingerprint density at radius 1 is 1.16 bits per heavy atom. The smallest absolute Gasteiger partial charge is 0.222 e. The topological polar surface area (TPSA) is 38.1 Å². The highest BCUT2D eigenvalue weighted by Crippen LogP contribution is 2.22. The molecule has 128 valence electrons. The van der Waals surface area contributed by atoms with E-state index in [0.717, 1.165) is 32.4 Å². The number of hydrogen-bond acceptors (Lipinski definition) is 2. The van der Waals surface area contributed by atoms with E-state index in [4.69, 9.17) is 0 Å². The molecule has 1 aliphatic rings. The number of fused-ring (bicyclic) bond motifs is 1. The molecular formula is C21H23N3O. The predicted molar refractivity (Wildman–Crippen MR) is 99.3 cm³/mol. The van der Waals surface area contributed by atoms with Gasteiger partial charge in [0.1, 0.15) is 0 Å². The zero-order valence-electron chi connectivity index (χ0n) is 14.3. The second-order valence-electron chi connectivity index (χ2n) is 6.83. The quantitative estimate of drug-likeness (QED) is 0.728. The lowest BCUT2D eigenvalue weighted by Gasteiger charge is -2.33. The van der Waals surface area contributed by atoms with Crippen LogP contribution >= 0.6 is 0 Å². The highest BCUT2D eigenvalue weighted by atomic mass is 16.2. The summed E-state index contributed by atoms with van der Waals surface area (Å²) >= 11 is 0. The van der Waals surface area contributed by atoms with Crippen molar-refractivity contribution in [2.45, 2.75) is 31.7 Å². The largest absolute Gasteiger partial charge is 0.341 e. The van der Waals surface area contributed by atoms with Gasteiger partial charge < -0.3 is 9.47 Å². The van der Waals surface area contributed by atoms with Crippen molar-refractivity contribution in [2.75, 3.05) is 13.1 Å². The lowest BCUT2D eigenvalue weighted by molar-refractivity contribution is -0.132. The summed E-state index contributed by atoms with van der Waals surface area (Å²) in [6.07, 6.45) is 9.21. The third kappa shape index (κ3) is 3.58. The molecule has 0 bridgehead atoms. The number of rotatable bonds is 4. The Labute approximate surface area is 148 Å². The molecular weight excluding hydrogens is 310 g/mol. The van der Waals surface area contributed by atoms with Gasteiger partial charge in [0.15, 0.2) is 0 Å². The third-order valence-electron chi connectivity index (χ3n) is 5.14. The van der Waals surface area contributed by atoms with Crippen molar-refractivity contribution in [3.05, 3.63) is 66.7 Å². The molecule has 25 heavy (non-hydrogen) atoms. The monoisotopic (exact) mass is 333 g/mol. The van der Waals surface area contributed by atoms with E-state index >= 15 is 0 Å². The molecule has 4 heteroatoms. The minimum absolute atomic E-state index is 0.262. The fourth-order valence-corrected chi connectivity index (χ4v) is 3.71. The zero-order chi connectivity index (χ0) is 17.1. The van der Waals surface area contributed by atoms with E-state index < -0.39 is 0 Å². The van der Waals surface area contributed by atoms with Crippen molar-refractivity contribution in [2.24, 2.45) is 0 Å². The van der Waals surface area contributed by atoms with Gasteiger partial charge in [0.05, 0.1) is 12.4 Å². The van der Waals surface area contributed by atoms with Crippen molar-refractivity contribution in [1.82, 2.24) is 14.5 Å². The number of likely N-dealkylation sites (tertiary alicyclic amines) is 1. The van der Waals surface area contributed by atoms with Gasteiger partial charge in [-0.05, 0) is 35.6 Å². The van der Waals surface area contributed by atoms with E-state index in [-0.39, 0.29) is 5.91 Å². The molecule has 1 saturated heterocycles. The van der Waals surface area contributed by atoms with E-state index in [0.29, 0.717) is 12.5 Å². The molecule has 0 N–H and O–H groups in total. The van der Waals surface area contributed by atoms with Crippen LogP contribution < -0.4 is 0 Å². The van der Waals surface area contributed by atoms with Gasteiger partial charge in [0.25, 0.3) is 0 Å². The molecule has 0 saturated carbocycles. The van der Waals surface area contributed by atoms with E-state index in [1.54, 1.807) is 6.20 Å². The van der Waals surface area contributed by atoms with Gasteiger partial charge in [0.2, 0.25) is 5.91 Å². The molecule has 0 spiro atoms. The van der Waals surface area contributed by atoms with Gasteiger partial charge in [-0.2, -0.15) is 0 Å². The van der Waals surface area contributed by atoms with E-state index in [2.05, 4.69) is 52.0 Å². The molecule has 1 aromatic heterocycles. The molecule has 2 aromatic carbocycles. The van der Waals surface area contributed by atoms with Crippen LogP contribution in [0.15, 0.2) is 61.2 Å². The number of piperidine rings is 1. The molecule has 4 nitrogen and oxygen atoms in total. The van der Waals surface area contributed by atoms with E-state index in [1.165, 1.54) is 16.3 Å². The first-order valence-electron chi connectivity index (χ1n) is 9.02. The van der Waals surface area contributed by atoms with E-state index in [9.17, 15) is 4.79 Å². The number of aryl methyl sites for hydroxylation is 1. The van der Waals surface area contributed by atoms with Crippen LogP contribution in [0, 0.1) is 0 Å². The Bertz CT molecular complexity index is 856. The third-order valence-corrected chi connectivity index (χ3v) is 5.14. The summed E-state index contributed by atoms with van der Waals surface area (Å²) in [7, 11) is 0. The van der Waals surface area contributed by atoms with Crippen molar-refractivity contribution in [3.63, 3.8) is 0 Å². The predicted octanol–water partition coefficient (Wildman–Crippen LogP) is 3.83. The number of aromatic nitrogens is 2.